The maximum Gasteiger partial charge on any atom is 0.319 e. The van der Waals surface area contributed by atoms with Crippen molar-refractivity contribution in [3.05, 3.63) is 30.1 Å². The number of nitrogens with one attached hydrogen (secondary N) is 2. The molecule has 17 heavy (non-hydrogen) atoms. The summed E-state index contributed by atoms with van der Waals surface area (Å²) in [5.74, 6) is -0.446. The minimum atomic E-state index is -0.446. The average molecular weight is 237 g/mol. The molecule has 1 saturated carbocycles. The first kappa shape index (κ1) is 11.9. The second-order valence-electron chi connectivity index (χ2n) is 4.28. The van der Waals surface area contributed by atoms with Gasteiger partial charge in [0.2, 0.25) is 0 Å². The molecule has 0 bridgehead atoms. The second-order valence-corrected chi connectivity index (χ2v) is 4.28. The van der Waals surface area contributed by atoms with E-state index in [1.807, 2.05) is 0 Å². The Balaban J connectivity index is 1.91. The molecule has 0 spiro atoms. The van der Waals surface area contributed by atoms with Gasteiger partial charge in [-0.25, -0.2) is 9.18 Å². The molecule has 2 unspecified atom stereocenters. The molecule has 0 heterocycles. The number of hydrogen-bond donors (Lipinski definition) is 3. The van der Waals surface area contributed by atoms with Crippen molar-refractivity contribution in [3.8, 4) is 0 Å². The molecule has 1 fully saturated rings. The highest BCUT2D eigenvalue weighted by Crippen LogP contribution is 2.17. The summed E-state index contributed by atoms with van der Waals surface area (Å²) in [4.78, 5) is 11.6. The SMILES string of the molecule is NC1CCCC1NC(=O)Nc1ccccc1F. The van der Waals surface area contributed by atoms with Gasteiger partial charge in [0.1, 0.15) is 5.82 Å². The van der Waals surface area contributed by atoms with E-state index in [9.17, 15) is 9.18 Å². The smallest absolute Gasteiger partial charge is 0.319 e. The normalized spacial score (nSPS) is 23.4. The van der Waals surface area contributed by atoms with E-state index in [0.717, 1.165) is 19.3 Å². The molecule has 1 aliphatic rings. The van der Waals surface area contributed by atoms with Gasteiger partial charge in [-0.2, -0.15) is 0 Å². The number of nitrogens with two attached hydrogens (primary N) is 1. The number of urea groups is 1. The molecule has 2 rings (SSSR count). The van der Waals surface area contributed by atoms with E-state index >= 15 is 0 Å². The molecule has 4 N–H and O–H groups in total. The van der Waals surface area contributed by atoms with Gasteiger partial charge in [-0.15, -0.1) is 0 Å². The van der Waals surface area contributed by atoms with Crippen molar-refractivity contribution in [3.63, 3.8) is 0 Å². The third kappa shape index (κ3) is 2.94. The van der Waals surface area contributed by atoms with Crippen LogP contribution >= 0.6 is 0 Å². The molecule has 4 nitrogen and oxygen atoms in total. The number of hydrogen-bond acceptors (Lipinski definition) is 2. The van der Waals surface area contributed by atoms with Crippen molar-refractivity contribution < 1.29 is 9.18 Å². The lowest BCUT2D eigenvalue weighted by atomic mass is 10.2. The van der Waals surface area contributed by atoms with Crippen molar-refractivity contribution in [2.45, 2.75) is 31.3 Å². The first-order valence-corrected chi connectivity index (χ1v) is 5.74. The molecule has 1 aromatic carbocycles. The van der Waals surface area contributed by atoms with E-state index in [1.54, 1.807) is 12.1 Å². The van der Waals surface area contributed by atoms with E-state index in [-0.39, 0.29) is 17.8 Å². The molecule has 2 amide bonds. The highest BCUT2D eigenvalue weighted by molar-refractivity contribution is 5.89. The van der Waals surface area contributed by atoms with Crippen LogP contribution in [0.5, 0.6) is 0 Å². The summed E-state index contributed by atoms with van der Waals surface area (Å²) in [6.45, 7) is 0. The van der Waals surface area contributed by atoms with Gasteiger partial charge in [-0.1, -0.05) is 12.1 Å². The zero-order valence-corrected chi connectivity index (χ0v) is 9.45. The molecule has 0 radical (unpaired) electrons. The van der Waals surface area contributed by atoms with Crippen LogP contribution in [0.2, 0.25) is 0 Å². The quantitative estimate of drug-likeness (QED) is 0.734. The van der Waals surface area contributed by atoms with E-state index in [2.05, 4.69) is 10.6 Å². The van der Waals surface area contributed by atoms with Crippen LogP contribution in [0.3, 0.4) is 0 Å². The Labute approximate surface area is 99.4 Å². The fourth-order valence-corrected chi connectivity index (χ4v) is 2.06. The Bertz CT molecular complexity index is 410. The Morgan fingerprint density at radius 1 is 1.35 bits per heavy atom. The van der Waals surface area contributed by atoms with Crippen molar-refractivity contribution >= 4 is 11.7 Å². The summed E-state index contributed by atoms with van der Waals surface area (Å²) in [7, 11) is 0. The Kier molecular flexibility index (Phi) is 3.58. The van der Waals surface area contributed by atoms with Gasteiger partial charge in [0.25, 0.3) is 0 Å². The van der Waals surface area contributed by atoms with Crippen LogP contribution in [0, 0.1) is 5.82 Å². The largest absolute Gasteiger partial charge is 0.334 e. The van der Waals surface area contributed by atoms with E-state index in [1.165, 1.54) is 12.1 Å². The molecule has 2 atom stereocenters. The maximum absolute atomic E-state index is 13.3. The lowest BCUT2D eigenvalue weighted by molar-refractivity contribution is 0.247. The van der Waals surface area contributed by atoms with Crippen LogP contribution < -0.4 is 16.4 Å². The number of halogens is 1. The van der Waals surface area contributed by atoms with Crippen molar-refractivity contribution in [1.29, 1.82) is 0 Å². The molecule has 92 valence electrons. The van der Waals surface area contributed by atoms with Gasteiger partial charge in [-0.3, -0.25) is 0 Å². The Morgan fingerprint density at radius 2 is 2.12 bits per heavy atom. The molecular formula is C12H16FN3O. The Morgan fingerprint density at radius 3 is 2.76 bits per heavy atom. The fourth-order valence-electron chi connectivity index (χ4n) is 2.06. The first-order valence-electron chi connectivity index (χ1n) is 5.74. The van der Waals surface area contributed by atoms with Crippen LogP contribution in [0.25, 0.3) is 0 Å². The van der Waals surface area contributed by atoms with E-state index in [4.69, 9.17) is 5.73 Å². The van der Waals surface area contributed by atoms with Crippen LogP contribution in [0.15, 0.2) is 24.3 Å². The number of rotatable bonds is 2. The molecule has 1 aromatic rings. The topological polar surface area (TPSA) is 67.1 Å². The molecule has 0 aromatic heterocycles. The van der Waals surface area contributed by atoms with Crippen LogP contribution in [-0.2, 0) is 0 Å². The lowest BCUT2D eigenvalue weighted by Gasteiger charge is -2.17. The van der Waals surface area contributed by atoms with Crippen LogP contribution in [-0.4, -0.2) is 18.1 Å². The highest BCUT2D eigenvalue weighted by atomic mass is 19.1. The summed E-state index contributed by atoms with van der Waals surface area (Å²) < 4.78 is 13.3. The second kappa shape index (κ2) is 5.14. The van der Waals surface area contributed by atoms with Gasteiger partial charge in [0.05, 0.1) is 5.69 Å². The zero-order chi connectivity index (χ0) is 12.3. The predicted molar refractivity (Wildman–Crippen MR) is 64.2 cm³/mol. The number of amides is 2. The van der Waals surface area contributed by atoms with Gasteiger partial charge in [0, 0.05) is 12.1 Å². The zero-order valence-electron chi connectivity index (χ0n) is 9.45. The third-order valence-corrected chi connectivity index (χ3v) is 3.01. The summed E-state index contributed by atoms with van der Waals surface area (Å²) in [5, 5.41) is 5.24. The average Bonchev–Trinajstić information content (AvgIpc) is 2.68. The minimum absolute atomic E-state index is 0.00127. The fraction of sp³-hybridized carbons (Fsp3) is 0.417. The minimum Gasteiger partial charge on any atom is -0.334 e. The van der Waals surface area contributed by atoms with Crippen LogP contribution in [0.1, 0.15) is 19.3 Å². The maximum atomic E-state index is 13.3. The molecule has 0 aliphatic heterocycles. The number of para-hydroxylation sites is 1. The molecule has 0 saturated heterocycles. The van der Waals surface area contributed by atoms with Crippen molar-refractivity contribution in [2.75, 3.05) is 5.32 Å². The number of carbonyl (C=O) groups excluding carboxylic acids is 1. The monoisotopic (exact) mass is 237 g/mol. The van der Waals surface area contributed by atoms with E-state index < -0.39 is 11.8 Å². The van der Waals surface area contributed by atoms with Gasteiger partial charge in [-0.05, 0) is 31.4 Å². The summed E-state index contributed by atoms with van der Waals surface area (Å²) in [6.07, 6.45) is 2.82. The van der Waals surface area contributed by atoms with Gasteiger partial charge < -0.3 is 16.4 Å². The van der Waals surface area contributed by atoms with E-state index in [0.29, 0.717) is 0 Å². The van der Waals surface area contributed by atoms with Crippen molar-refractivity contribution in [2.24, 2.45) is 5.73 Å². The van der Waals surface area contributed by atoms with Gasteiger partial charge >= 0.3 is 6.03 Å². The van der Waals surface area contributed by atoms with Crippen molar-refractivity contribution in [1.82, 2.24) is 5.32 Å². The summed E-state index contributed by atoms with van der Waals surface area (Å²) in [6, 6.07) is 5.65. The lowest BCUT2D eigenvalue weighted by Crippen LogP contribution is -2.45. The summed E-state index contributed by atoms with van der Waals surface area (Å²) >= 11 is 0. The molecule has 5 heteroatoms. The van der Waals surface area contributed by atoms with Gasteiger partial charge in [0.15, 0.2) is 0 Å². The van der Waals surface area contributed by atoms with Crippen LogP contribution in [0.4, 0.5) is 14.9 Å². The number of carbonyl (C=O) groups is 1. The Hall–Kier alpha value is -1.62. The first-order chi connectivity index (χ1) is 8.16. The predicted octanol–water partition coefficient (Wildman–Crippen LogP) is 1.83. The third-order valence-electron chi connectivity index (χ3n) is 3.01. The highest BCUT2D eigenvalue weighted by Gasteiger charge is 2.25. The molecule has 1 aliphatic carbocycles. The number of benzene rings is 1. The standard InChI is InChI=1S/C12H16FN3O/c13-8-4-1-2-6-10(8)15-12(17)16-11-7-3-5-9(11)14/h1-2,4,6,9,11H,3,5,7,14H2,(H2,15,16,17). The summed E-state index contributed by atoms with van der Waals surface area (Å²) in [5.41, 5.74) is 6.01. The molecular weight excluding hydrogens is 221 g/mol. The number of anilines is 1.